The van der Waals surface area contributed by atoms with E-state index in [0.29, 0.717) is 17.1 Å². The van der Waals surface area contributed by atoms with Crippen molar-refractivity contribution in [2.24, 2.45) is 5.73 Å². The predicted octanol–water partition coefficient (Wildman–Crippen LogP) is 1.71. The molecule has 1 aromatic rings. The summed E-state index contributed by atoms with van der Waals surface area (Å²) < 4.78 is 0. The van der Waals surface area contributed by atoms with Crippen molar-refractivity contribution in [3.05, 3.63) is 17.8 Å². The minimum atomic E-state index is -0.530. The van der Waals surface area contributed by atoms with Crippen molar-refractivity contribution in [2.75, 3.05) is 29.6 Å². The highest BCUT2D eigenvalue weighted by Gasteiger charge is 2.07. The summed E-state index contributed by atoms with van der Waals surface area (Å²) in [5, 5.41) is 3.16. The van der Waals surface area contributed by atoms with E-state index in [1.54, 1.807) is 6.07 Å². The van der Waals surface area contributed by atoms with E-state index >= 15 is 0 Å². The van der Waals surface area contributed by atoms with E-state index in [9.17, 15) is 4.79 Å². The van der Waals surface area contributed by atoms with E-state index in [1.807, 2.05) is 11.8 Å². The number of hydrogen-bond donors (Lipinski definition) is 3. The molecule has 0 saturated heterocycles. The van der Waals surface area contributed by atoms with Crippen LogP contribution in [-0.4, -0.2) is 29.4 Å². The van der Waals surface area contributed by atoms with E-state index in [2.05, 4.69) is 16.6 Å². The lowest BCUT2D eigenvalue weighted by molar-refractivity contribution is 0.100. The molecule has 100 valence electrons. The van der Waals surface area contributed by atoms with Gasteiger partial charge in [-0.05, 0) is 30.9 Å². The molecule has 1 aromatic heterocycles. The molecule has 0 atom stereocenters. The van der Waals surface area contributed by atoms with Crippen molar-refractivity contribution in [1.29, 1.82) is 0 Å². The number of rotatable bonds is 8. The maximum Gasteiger partial charge on any atom is 0.250 e. The van der Waals surface area contributed by atoms with E-state index in [-0.39, 0.29) is 0 Å². The van der Waals surface area contributed by atoms with Gasteiger partial charge in [0.15, 0.2) is 0 Å². The molecule has 0 bridgehead atoms. The second-order valence-corrected chi connectivity index (χ2v) is 4.99. The number of anilines is 2. The Hall–Kier alpha value is -1.43. The highest BCUT2D eigenvalue weighted by atomic mass is 32.2. The summed E-state index contributed by atoms with van der Waals surface area (Å²) in [4.78, 5) is 15.2. The summed E-state index contributed by atoms with van der Waals surface area (Å²) in [6.07, 6.45) is 7.06. The van der Waals surface area contributed by atoms with Crippen molar-refractivity contribution in [2.45, 2.75) is 19.3 Å². The SMILES string of the molecule is CSCCCCCNc1cc(C(N)=O)c(N)cn1. The van der Waals surface area contributed by atoms with Crippen LogP contribution in [-0.2, 0) is 0 Å². The summed E-state index contributed by atoms with van der Waals surface area (Å²) >= 11 is 1.86. The van der Waals surface area contributed by atoms with Gasteiger partial charge in [-0.15, -0.1) is 0 Å². The van der Waals surface area contributed by atoms with E-state index in [0.717, 1.165) is 13.0 Å². The lowest BCUT2D eigenvalue weighted by Gasteiger charge is -2.07. The van der Waals surface area contributed by atoms with Crippen LogP contribution in [0.5, 0.6) is 0 Å². The number of nitrogens with one attached hydrogen (secondary N) is 1. The van der Waals surface area contributed by atoms with Crippen molar-refractivity contribution >= 4 is 29.2 Å². The maximum absolute atomic E-state index is 11.1. The molecule has 18 heavy (non-hydrogen) atoms. The van der Waals surface area contributed by atoms with Crippen LogP contribution in [0.3, 0.4) is 0 Å². The number of carbonyl (C=O) groups is 1. The second kappa shape index (κ2) is 7.81. The lowest BCUT2D eigenvalue weighted by Crippen LogP contribution is -2.15. The van der Waals surface area contributed by atoms with Crippen LogP contribution >= 0.6 is 11.8 Å². The first-order chi connectivity index (χ1) is 8.65. The number of unbranched alkanes of at least 4 members (excludes halogenated alkanes) is 2. The second-order valence-electron chi connectivity index (χ2n) is 4.00. The van der Waals surface area contributed by atoms with Gasteiger partial charge in [-0.1, -0.05) is 6.42 Å². The zero-order chi connectivity index (χ0) is 13.4. The van der Waals surface area contributed by atoms with Crippen LogP contribution in [0.2, 0.25) is 0 Å². The monoisotopic (exact) mass is 268 g/mol. The molecule has 1 amide bonds. The molecule has 0 saturated carbocycles. The topological polar surface area (TPSA) is 94.0 Å². The number of aromatic nitrogens is 1. The quantitative estimate of drug-likeness (QED) is 0.624. The maximum atomic E-state index is 11.1. The third-order valence-corrected chi connectivity index (χ3v) is 3.23. The Labute approximate surface area is 112 Å². The smallest absolute Gasteiger partial charge is 0.250 e. The van der Waals surface area contributed by atoms with Gasteiger partial charge < -0.3 is 16.8 Å². The number of nitrogens with two attached hydrogens (primary N) is 2. The first-order valence-electron chi connectivity index (χ1n) is 5.93. The van der Waals surface area contributed by atoms with Gasteiger partial charge in [0.1, 0.15) is 5.82 Å². The summed E-state index contributed by atoms with van der Waals surface area (Å²) in [6.45, 7) is 0.837. The van der Waals surface area contributed by atoms with Crippen molar-refractivity contribution in [3.63, 3.8) is 0 Å². The molecule has 0 aliphatic heterocycles. The number of nitrogen functional groups attached to an aromatic ring is 1. The Morgan fingerprint density at radius 1 is 1.44 bits per heavy atom. The molecular formula is C12H20N4OS. The third-order valence-electron chi connectivity index (χ3n) is 2.53. The van der Waals surface area contributed by atoms with Crippen molar-refractivity contribution in [1.82, 2.24) is 4.98 Å². The van der Waals surface area contributed by atoms with Crippen LogP contribution in [0.1, 0.15) is 29.6 Å². The molecule has 6 heteroatoms. The molecule has 5 nitrogen and oxygen atoms in total. The van der Waals surface area contributed by atoms with Gasteiger partial charge in [-0.2, -0.15) is 11.8 Å². The van der Waals surface area contributed by atoms with Crippen LogP contribution < -0.4 is 16.8 Å². The Morgan fingerprint density at radius 3 is 2.89 bits per heavy atom. The molecule has 1 rings (SSSR count). The molecule has 0 radical (unpaired) electrons. The van der Waals surface area contributed by atoms with Crippen LogP contribution in [0, 0.1) is 0 Å². The molecule has 1 heterocycles. The summed E-state index contributed by atoms with van der Waals surface area (Å²) in [6, 6.07) is 1.60. The zero-order valence-electron chi connectivity index (χ0n) is 10.6. The fraction of sp³-hybridized carbons (Fsp3) is 0.500. The fourth-order valence-corrected chi connectivity index (χ4v) is 2.03. The molecule has 0 aromatic carbocycles. The highest BCUT2D eigenvalue weighted by Crippen LogP contribution is 2.14. The molecule has 0 aliphatic carbocycles. The van der Waals surface area contributed by atoms with Gasteiger partial charge in [0, 0.05) is 6.54 Å². The molecule has 0 fully saturated rings. The molecular weight excluding hydrogens is 248 g/mol. The first kappa shape index (κ1) is 14.6. The number of nitrogens with zero attached hydrogens (tertiary/aromatic N) is 1. The molecule has 0 spiro atoms. The van der Waals surface area contributed by atoms with Crippen LogP contribution in [0.15, 0.2) is 12.3 Å². The minimum absolute atomic E-state index is 0.313. The number of primary amides is 1. The van der Waals surface area contributed by atoms with Gasteiger partial charge in [-0.3, -0.25) is 4.79 Å². The average molecular weight is 268 g/mol. The van der Waals surface area contributed by atoms with Crippen LogP contribution in [0.25, 0.3) is 0 Å². The first-order valence-corrected chi connectivity index (χ1v) is 7.32. The van der Waals surface area contributed by atoms with E-state index in [1.165, 1.54) is 24.8 Å². The predicted molar refractivity (Wildman–Crippen MR) is 77.9 cm³/mol. The Morgan fingerprint density at radius 2 is 2.22 bits per heavy atom. The van der Waals surface area contributed by atoms with E-state index in [4.69, 9.17) is 11.5 Å². The van der Waals surface area contributed by atoms with Gasteiger partial charge >= 0.3 is 0 Å². The number of amides is 1. The van der Waals surface area contributed by atoms with Gasteiger partial charge in [0.05, 0.1) is 17.4 Å². The zero-order valence-corrected chi connectivity index (χ0v) is 11.4. The van der Waals surface area contributed by atoms with Crippen LogP contribution in [0.4, 0.5) is 11.5 Å². The summed E-state index contributed by atoms with van der Waals surface area (Å²) in [7, 11) is 0. The Balaban J connectivity index is 2.38. The average Bonchev–Trinajstić information content (AvgIpc) is 2.35. The Bertz CT molecular complexity index is 398. The number of pyridine rings is 1. The molecule has 5 N–H and O–H groups in total. The molecule has 0 aliphatic rings. The minimum Gasteiger partial charge on any atom is -0.397 e. The normalized spacial score (nSPS) is 10.3. The van der Waals surface area contributed by atoms with E-state index < -0.39 is 5.91 Å². The van der Waals surface area contributed by atoms with Crippen molar-refractivity contribution < 1.29 is 4.79 Å². The fourth-order valence-electron chi connectivity index (χ4n) is 1.54. The largest absolute Gasteiger partial charge is 0.397 e. The lowest BCUT2D eigenvalue weighted by atomic mass is 10.2. The number of carbonyl (C=O) groups excluding carboxylic acids is 1. The van der Waals surface area contributed by atoms with Crippen molar-refractivity contribution in [3.8, 4) is 0 Å². The summed E-state index contributed by atoms with van der Waals surface area (Å²) in [5.41, 5.74) is 11.5. The number of hydrogen-bond acceptors (Lipinski definition) is 5. The van der Waals surface area contributed by atoms with Gasteiger partial charge in [0.2, 0.25) is 0 Å². The molecule has 0 unspecified atom stereocenters. The highest BCUT2D eigenvalue weighted by molar-refractivity contribution is 7.98. The third kappa shape index (κ3) is 4.83. The Kier molecular flexibility index (Phi) is 6.35. The van der Waals surface area contributed by atoms with Gasteiger partial charge in [0.25, 0.3) is 5.91 Å². The van der Waals surface area contributed by atoms with Gasteiger partial charge in [-0.25, -0.2) is 4.98 Å². The standard InChI is InChI=1S/C12H20N4OS/c1-18-6-4-2-3-5-15-11-7-9(12(14)17)10(13)8-16-11/h7-8H,2-6,13H2,1H3,(H2,14,17)(H,15,16). The number of thioether (sulfide) groups is 1. The summed E-state index contributed by atoms with van der Waals surface area (Å²) in [5.74, 6) is 1.31.